The van der Waals surface area contributed by atoms with Gasteiger partial charge in [0.05, 0.1) is 8.45 Å². The molecule has 0 aliphatic heterocycles. The Hall–Kier alpha value is -0.100. The average molecular weight is 321 g/mol. The molecule has 0 bridgehead atoms. The molecule has 2 rings (SSSR count). The lowest BCUT2D eigenvalue weighted by Crippen LogP contribution is -2.25. The fourth-order valence-corrected chi connectivity index (χ4v) is 2.77. The molecular formula is C10H12INOS. The van der Waals surface area contributed by atoms with Gasteiger partial charge in [-0.3, -0.25) is 4.79 Å². The molecule has 1 aromatic heterocycles. The summed E-state index contributed by atoms with van der Waals surface area (Å²) in [6, 6.07) is 1.93. The molecule has 1 amide bonds. The number of carbonyl (C=O) groups excluding carboxylic acids is 1. The van der Waals surface area contributed by atoms with Crippen molar-refractivity contribution in [1.29, 1.82) is 0 Å². The van der Waals surface area contributed by atoms with E-state index >= 15 is 0 Å². The van der Waals surface area contributed by atoms with Crippen LogP contribution in [0.1, 0.15) is 23.7 Å². The van der Waals surface area contributed by atoms with Crippen molar-refractivity contribution in [2.75, 3.05) is 6.54 Å². The van der Waals surface area contributed by atoms with E-state index in [4.69, 9.17) is 0 Å². The molecule has 1 heterocycles. The molecule has 4 heteroatoms. The SMILES string of the molecule is CC1CC1CNC(=O)c1csc(I)c1. The molecule has 0 spiro atoms. The largest absolute Gasteiger partial charge is 0.352 e. The topological polar surface area (TPSA) is 29.1 Å². The number of halogens is 1. The van der Waals surface area contributed by atoms with E-state index in [9.17, 15) is 4.79 Å². The fourth-order valence-electron chi connectivity index (χ4n) is 1.44. The quantitative estimate of drug-likeness (QED) is 0.852. The number of rotatable bonds is 3. The van der Waals surface area contributed by atoms with E-state index in [1.54, 1.807) is 11.3 Å². The van der Waals surface area contributed by atoms with Gasteiger partial charge in [-0.15, -0.1) is 11.3 Å². The third kappa shape index (κ3) is 2.48. The van der Waals surface area contributed by atoms with E-state index < -0.39 is 0 Å². The van der Waals surface area contributed by atoms with Crippen molar-refractivity contribution >= 4 is 39.8 Å². The minimum absolute atomic E-state index is 0.0725. The fraction of sp³-hybridized carbons (Fsp3) is 0.500. The second-order valence-corrected chi connectivity index (χ2v) is 6.63. The lowest BCUT2D eigenvalue weighted by molar-refractivity contribution is 0.0952. The van der Waals surface area contributed by atoms with Gasteiger partial charge in [-0.25, -0.2) is 0 Å². The van der Waals surface area contributed by atoms with Crippen LogP contribution in [-0.2, 0) is 0 Å². The van der Waals surface area contributed by atoms with Crippen LogP contribution < -0.4 is 5.32 Å². The van der Waals surface area contributed by atoms with Crippen molar-refractivity contribution in [2.24, 2.45) is 11.8 Å². The van der Waals surface area contributed by atoms with Crippen LogP contribution in [0.4, 0.5) is 0 Å². The highest BCUT2D eigenvalue weighted by Crippen LogP contribution is 2.36. The molecule has 1 N–H and O–H groups in total. The van der Waals surface area contributed by atoms with E-state index in [0.29, 0.717) is 0 Å². The first kappa shape index (κ1) is 10.4. The minimum atomic E-state index is 0.0725. The molecule has 1 aromatic rings. The third-order valence-corrected chi connectivity index (χ3v) is 4.42. The first-order valence-corrected chi connectivity index (χ1v) is 6.65. The molecule has 76 valence electrons. The zero-order valence-corrected chi connectivity index (χ0v) is 10.9. The normalized spacial score (nSPS) is 24.7. The minimum Gasteiger partial charge on any atom is -0.352 e. The summed E-state index contributed by atoms with van der Waals surface area (Å²) in [7, 11) is 0. The molecule has 0 radical (unpaired) electrons. The summed E-state index contributed by atoms with van der Waals surface area (Å²) in [6.45, 7) is 3.07. The highest BCUT2D eigenvalue weighted by molar-refractivity contribution is 14.1. The van der Waals surface area contributed by atoms with Crippen LogP contribution in [0, 0.1) is 14.7 Å². The van der Waals surface area contributed by atoms with Crippen molar-refractivity contribution in [3.63, 3.8) is 0 Å². The average Bonchev–Trinajstić information content (AvgIpc) is 2.66. The second-order valence-electron chi connectivity index (χ2n) is 3.82. The molecule has 1 aliphatic carbocycles. The maximum Gasteiger partial charge on any atom is 0.252 e. The molecule has 1 fully saturated rings. The molecule has 2 unspecified atom stereocenters. The molecule has 1 aliphatic rings. The summed E-state index contributed by atoms with van der Waals surface area (Å²) in [5.41, 5.74) is 0.799. The predicted molar refractivity (Wildman–Crippen MR) is 66.6 cm³/mol. The molecule has 0 aromatic carbocycles. The molecule has 14 heavy (non-hydrogen) atoms. The van der Waals surface area contributed by atoms with Gasteiger partial charge in [0.2, 0.25) is 0 Å². The number of carbonyl (C=O) groups is 1. The second kappa shape index (κ2) is 4.18. The standard InChI is InChI=1S/C10H12INOS/c1-6-2-7(6)4-12-10(13)8-3-9(11)14-5-8/h3,5-7H,2,4H2,1H3,(H,12,13). The van der Waals surface area contributed by atoms with Gasteiger partial charge in [-0.05, 0) is 46.9 Å². The van der Waals surface area contributed by atoms with E-state index in [1.165, 1.54) is 6.42 Å². The number of hydrogen-bond acceptors (Lipinski definition) is 2. The number of hydrogen-bond donors (Lipinski definition) is 1. The lowest BCUT2D eigenvalue weighted by atomic mass is 10.3. The summed E-state index contributed by atoms with van der Waals surface area (Å²) in [6.07, 6.45) is 1.27. The Bertz CT molecular complexity index is 350. The van der Waals surface area contributed by atoms with Crippen LogP contribution in [0.3, 0.4) is 0 Å². The summed E-state index contributed by atoms with van der Waals surface area (Å²) in [5, 5.41) is 4.88. The smallest absolute Gasteiger partial charge is 0.252 e. The zero-order chi connectivity index (χ0) is 10.1. The lowest BCUT2D eigenvalue weighted by Gasteiger charge is -2.01. The highest BCUT2D eigenvalue weighted by atomic mass is 127. The van der Waals surface area contributed by atoms with E-state index in [1.807, 2.05) is 11.4 Å². The van der Waals surface area contributed by atoms with Crippen molar-refractivity contribution in [3.8, 4) is 0 Å². The summed E-state index contributed by atoms with van der Waals surface area (Å²) >= 11 is 3.84. The van der Waals surface area contributed by atoms with Gasteiger partial charge >= 0.3 is 0 Å². The molecule has 2 nitrogen and oxygen atoms in total. The highest BCUT2D eigenvalue weighted by Gasteiger charge is 2.32. The first-order valence-electron chi connectivity index (χ1n) is 4.69. The van der Waals surface area contributed by atoms with E-state index in [2.05, 4.69) is 34.8 Å². The summed E-state index contributed by atoms with van der Waals surface area (Å²) in [5.74, 6) is 1.60. The number of amides is 1. The predicted octanol–water partition coefficient (Wildman–Crippen LogP) is 2.74. The Balaban J connectivity index is 1.83. The van der Waals surface area contributed by atoms with Gasteiger partial charge in [-0.2, -0.15) is 0 Å². The number of thiophene rings is 1. The van der Waals surface area contributed by atoms with Crippen molar-refractivity contribution in [2.45, 2.75) is 13.3 Å². The number of nitrogens with one attached hydrogen (secondary N) is 1. The zero-order valence-electron chi connectivity index (χ0n) is 7.92. The van der Waals surface area contributed by atoms with E-state index in [-0.39, 0.29) is 5.91 Å². The molecule has 2 atom stereocenters. The van der Waals surface area contributed by atoms with Crippen LogP contribution in [0.5, 0.6) is 0 Å². The van der Waals surface area contributed by atoms with Crippen molar-refractivity contribution < 1.29 is 4.79 Å². The van der Waals surface area contributed by atoms with E-state index in [0.717, 1.165) is 26.8 Å². The van der Waals surface area contributed by atoms with Gasteiger partial charge in [0.25, 0.3) is 5.91 Å². The van der Waals surface area contributed by atoms with Gasteiger partial charge in [0, 0.05) is 11.9 Å². The summed E-state index contributed by atoms with van der Waals surface area (Å²) < 4.78 is 1.16. The Labute approximate surface area is 101 Å². The Kier molecular flexibility index (Phi) is 3.11. The van der Waals surface area contributed by atoms with Crippen molar-refractivity contribution in [1.82, 2.24) is 5.32 Å². The van der Waals surface area contributed by atoms with Crippen LogP contribution in [-0.4, -0.2) is 12.5 Å². The van der Waals surface area contributed by atoms with Gasteiger partial charge in [0.15, 0.2) is 0 Å². The van der Waals surface area contributed by atoms with Crippen LogP contribution in [0.15, 0.2) is 11.4 Å². The molecular weight excluding hydrogens is 309 g/mol. The van der Waals surface area contributed by atoms with Crippen LogP contribution >= 0.6 is 33.9 Å². The molecule has 0 saturated heterocycles. The Morgan fingerprint density at radius 3 is 3.00 bits per heavy atom. The van der Waals surface area contributed by atoms with Crippen molar-refractivity contribution in [3.05, 3.63) is 19.9 Å². The maximum absolute atomic E-state index is 11.6. The monoisotopic (exact) mass is 321 g/mol. The Morgan fingerprint density at radius 1 is 1.79 bits per heavy atom. The maximum atomic E-state index is 11.6. The van der Waals surface area contributed by atoms with Crippen LogP contribution in [0.2, 0.25) is 0 Å². The Morgan fingerprint density at radius 2 is 2.50 bits per heavy atom. The first-order chi connectivity index (χ1) is 6.66. The third-order valence-electron chi connectivity index (χ3n) is 2.63. The van der Waals surface area contributed by atoms with Gasteiger partial charge < -0.3 is 5.32 Å². The van der Waals surface area contributed by atoms with Crippen LogP contribution in [0.25, 0.3) is 0 Å². The summed E-state index contributed by atoms with van der Waals surface area (Å²) in [4.78, 5) is 11.6. The van der Waals surface area contributed by atoms with Gasteiger partial charge in [-0.1, -0.05) is 6.92 Å². The molecule has 1 saturated carbocycles. The van der Waals surface area contributed by atoms with Gasteiger partial charge in [0.1, 0.15) is 0 Å².